The first kappa shape index (κ1) is 21.2. The van der Waals surface area contributed by atoms with E-state index in [1.165, 1.54) is 0 Å². The molecular formula is C15H21NO10. The number of likely N-dealkylation sites (tertiary alicyclic amines) is 1. The van der Waals surface area contributed by atoms with Gasteiger partial charge < -0.3 is 23.7 Å². The van der Waals surface area contributed by atoms with Crippen molar-refractivity contribution in [3.63, 3.8) is 0 Å². The van der Waals surface area contributed by atoms with Gasteiger partial charge in [0.05, 0.1) is 7.11 Å². The average molecular weight is 375 g/mol. The molecule has 26 heavy (non-hydrogen) atoms. The van der Waals surface area contributed by atoms with Crippen LogP contribution in [0.1, 0.15) is 34.1 Å². The fraction of sp³-hybridized carbons (Fsp3) is 0.667. The summed E-state index contributed by atoms with van der Waals surface area (Å²) < 4.78 is 25.0. The minimum atomic E-state index is -1.44. The molecule has 0 aromatic heterocycles. The Labute approximate surface area is 149 Å². The van der Waals surface area contributed by atoms with Crippen molar-refractivity contribution in [2.24, 2.45) is 0 Å². The summed E-state index contributed by atoms with van der Waals surface area (Å²) in [5.74, 6) is -3.00. The van der Waals surface area contributed by atoms with Gasteiger partial charge in [-0.15, -0.1) is 0 Å². The summed E-state index contributed by atoms with van der Waals surface area (Å²) in [5, 5.41) is 0. The summed E-state index contributed by atoms with van der Waals surface area (Å²) in [5.41, 5.74) is 0. The van der Waals surface area contributed by atoms with Crippen molar-refractivity contribution in [2.75, 3.05) is 7.11 Å². The molecule has 1 heterocycles. The molecule has 4 atom stereocenters. The molecule has 0 N–H and O–H groups in total. The summed E-state index contributed by atoms with van der Waals surface area (Å²) in [4.78, 5) is 58.7. The third-order valence-electron chi connectivity index (χ3n) is 3.24. The predicted molar refractivity (Wildman–Crippen MR) is 81.1 cm³/mol. The van der Waals surface area contributed by atoms with Gasteiger partial charge in [-0.3, -0.25) is 19.2 Å². The molecule has 1 fully saturated rings. The van der Waals surface area contributed by atoms with Crippen molar-refractivity contribution < 1.29 is 47.7 Å². The molecule has 1 rings (SSSR count). The number of ether oxygens (including phenoxy) is 5. The van der Waals surface area contributed by atoms with Crippen LogP contribution in [0.25, 0.3) is 0 Å². The molecule has 0 spiro atoms. The number of hydrogen-bond acceptors (Lipinski definition) is 10. The third-order valence-corrected chi connectivity index (χ3v) is 3.24. The van der Waals surface area contributed by atoms with Crippen LogP contribution < -0.4 is 0 Å². The number of nitrogens with zero attached hydrogens (tertiary/aromatic N) is 1. The van der Waals surface area contributed by atoms with Crippen LogP contribution in [0, 0.1) is 0 Å². The maximum Gasteiger partial charge on any atom is 0.415 e. The predicted octanol–water partition coefficient (Wildman–Crippen LogP) is 0.100. The Morgan fingerprint density at radius 1 is 0.692 bits per heavy atom. The molecule has 0 aliphatic carbocycles. The van der Waals surface area contributed by atoms with E-state index in [0.29, 0.717) is 0 Å². The zero-order valence-electron chi connectivity index (χ0n) is 15.0. The Morgan fingerprint density at radius 2 is 1.04 bits per heavy atom. The zero-order valence-corrected chi connectivity index (χ0v) is 15.0. The first-order chi connectivity index (χ1) is 12.1. The molecule has 146 valence electrons. The summed E-state index contributed by atoms with van der Waals surface area (Å²) in [6.07, 6.45) is -6.46. The minimum absolute atomic E-state index is 0.178. The van der Waals surface area contributed by atoms with Crippen molar-refractivity contribution in [3.05, 3.63) is 0 Å². The number of hydrogen-bond donors (Lipinski definition) is 0. The molecule has 1 saturated heterocycles. The highest BCUT2D eigenvalue weighted by molar-refractivity contribution is 5.72. The third kappa shape index (κ3) is 5.60. The van der Waals surface area contributed by atoms with Crippen LogP contribution in [-0.4, -0.2) is 66.6 Å². The Balaban J connectivity index is 3.37. The Bertz CT molecular complexity index is 547. The van der Waals surface area contributed by atoms with E-state index >= 15 is 0 Å². The fourth-order valence-electron chi connectivity index (χ4n) is 2.52. The van der Waals surface area contributed by atoms with Crippen LogP contribution in [0.4, 0.5) is 4.79 Å². The van der Waals surface area contributed by atoms with Gasteiger partial charge in [-0.1, -0.05) is 0 Å². The number of amides is 1. The van der Waals surface area contributed by atoms with Crippen LogP contribution in [0.2, 0.25) is 0 Å². The summed E-state index contributed by atoms with van der Waals surface area (Å²) in [7, 11) is 1.05. The largest absolute Gasteiger partial charge is 0.456 e. The number of carbonyl (C=O) groups excluding carboxylic acids is 5. The van der Waals surface area contributed by atoms with Gasteiger partial charge in [-0.05, 0) is 0 Å². The molecular weight excluding hydrogens is 354 g/mol. The standard InChI is InChI=1S/C15H21NO10/c1-7(17)23-11-6-12(24-8(2)18)14(26-10(4)20)16(15(21)22-5)13(11)25-9(3)19/h11-14H,6H2,1-5H3/t11-,12-,13-,14-/m1/s1. The van der Waals surface area contributed by atoms with Gasteiger partial charge in [0, 0.05) is 34.1 Å². The minimum Gasteiger partial charge on any atom is -0.456 e. The summed E-state index contributed by atoms with van der Waals surface area (Å²) >= 11 is 0. The van der Waals surface area contributed by atoms with Gasteiger partial charge in [0.25, 0.3) is 0 Å². The van der Waals surface area contributed by atoms with Crippen molar-refractivity contribution >= 4 is 30.0 Å². The second-order valence-corrected chi connectivity index (χ2v) is 5.41. The van der Waals surface area contributed by atoms with Crippen molar-refractivity contribution in [1.82, 2.24) is 4.90 Å². The summed E-state index contributed by atoms with van der Waals surface area (Å²) in [6, 6.07) is 0. The first-order valence-corrected chi connectivity index (χ1v) is 7.62. The highest BCUT2D eigenvalue weighted by Crippen LogP contribution is 2.31. The average Bonchev–Trinajstić information content (AvgIpc) is 2.48. The number of piperidine rings is 1. The lowest BCUT2D eigenvalue weighted by Crippen LogP contribution is -2.65. The molecule has 0 aromatic carbocycles. The zero-order chi connectivity index (χ0) is 20.0. The fourth-order valence-corrected chi connectivity index (χ4v) is 2.52. The SMILES string of the molecule is COC(=O)N1[C@H](OC(C)=O)[C@H](OC(C)=O)C[C@@H](OC(C)=O)[C@H]1OC(C)=O. The van der Waals surface area contributed by atoms with E-state index in [0.717, 1.165) is 39.7 Å². The second kappa shape index (κ2) is 9.02. The van der Waals surface area contributed by atoms with Gasteiger partial charge in [0.15, 0.2) is 12.2 Å². The van der Waals surface area contributed by atoms with E-state index in [9.17, 15) is 24.0 Å². The molecule has 0 saturated carbocycles. The van der Waals surface area contributed by atoms with Crippen LogP contribution in [0.5, 0.6) is 0 Å². The van der Waals surface area contributed by atoms with Crippen molar-refractivity contribution in [3.8, 4) is 0 Å². The van der Waals surface area contributed by atoms with E-state index in [1.807, 2.05) is 0 Å². The second-order valence-electron chi connectivity index (χ2n) is 5.41. The molecule has 0 unspecified atom stereocenters. The van der Waals surface area contributed by atoms with Crippen LogP contribution in [0.3, 0.4) is 0 Å². The number of esters is 4. The first-order valence-electron chi connectivity index (χ1n) is 7.62. The normalized spacial score (nSPS) is 24.9. The Hall–Kier alpha value is -2.85. The monoisotopic (exact) mass is 375 g/mol. The van der Waals surface area contributed by atoms with E-state index in [-0.39, 0.29) is 6.42 Å². The van der Waals surface area contributed by atoms with Crippen LogP contribution in [0.15, 0.2) is 0 Å². The van der Waals surface area contributed by atoms with E-state index in [2.05, 4.69) is 4.74 Å². The van der Waals surface area contributed by atoms with Gasteiger partial charge in [0.1, 0.15) is 0 Å². The topological polar surface area (TPSA) is 135 Å². The Kier molecular flexibility index (Phi) is 7.35. The number of methoxy groups -OCH3 is 1. The van der Waals surface area contributed by atoms with E-state index in [1.54, 1.807) is 0 Å². The molecule has 0 radical (unpaired) electrons. The molecule has 1 aliphatic heterocycles. The smallest absolute Gasteiger partial charge is 0.415 e. The molecule has 0 aromatic rings. The maximum absolute atomic E-state index is 12.3. The van der Waals surface area contributed by atoms with Crippen LogP contribution in [-0.2, 0) is 42.9 Å². The summed E-state index contributed by atoms with van der Waals surface area (Å²) in [6.45, 7) is 4.40. The van der Waals surface area contributed by atoms with Gasteiger partial charge >= 0.3 is 30.0 Å². The lowest BCUT2D eigenvalue weighted by molar-refractivity contribution is -0.240. The molecule has 11 nitrogen and oxygen atoms in total. The van der Waals surface area contributed by atoms with Gasteiger partial charge in [-0.2, -0.15) is 0 Å². The quantitative estimate of drug-likeness (QED) is 0.492. The molecule has 1 aliphatic rings. The highest BCUT2D eigenvalue weighted by Gasteiger charge is 2.52. The lowest BCUT2D eigenvalue weighted by atomic mass is 10.0. The van der Waals surface area contributed by atoms with Crippen molar-refractivity contribution in [1.29, 1.82) is 0 Å². The molecule has 1 amide bonds. The van der Waals surface area contributed by atoms with Gasteiger partial charge in [-0.25, -0.2) is 9.69 Å². The van der Waals surface area contributed by atoms with E-state index < -0.39 is 54.6 Å². The number of carbonyl (C=O) groups is 5. The highest BCUT2D eigenvalue weighted by atomic mass is 16.6. The van der Waals surface area contributed by atoms with Crippen LogP contribution >= 0.6 is 0 Å². The Morgan fingerprint density at radius 3 is 1.31 bits per heavy atom. The lowest BCUT2D eigenvalue weighted by Gasteiger charge is -2.45. The number of rotatable bonds is 4. The maximum atomic E-state index is 12.3. The molecule has 11 heteroatoms. The van der Waals surface area contributed by atoms with Crippen molar-refractivity contribution in [2.45, 2.75) is 58.8 Å². The van der Waals surface area contributed by atoms with E-state index in [4.69, 9.17) is 18.9 Å². The van der Waals surface area contributed by atoms with Gasteiger partial charge in [0.2, 0.25) is 12.5 Å². The molecule has 0 bridgehead atoms.